The minimum absolute atomic E-state index is 0.575. The molecular weight excluding hydrogens is 248 g/mol. The van der Waals surface area contributed by atoms with E-state index in [1.165, 1.54) is 35.7 Å². The normalized spacial score (nSPS) is 21.5. The molecule has 0 N–H and O–H groups in total. The molecule has 0 aliphatic heterocycles. The molecule has 0 heterocycles. The van der Waals surface area contributed by atoms with E-state index in [-0.39, 0.29) is 0 Å². The van der Waals surface area contributed by atoms with Crippen LogP contribution in [0.2, 0.25) is 0 Å². The van der Waals surface area contributed by atoms with Gasteiger partial charge in [-0.05, 0) is 54.7 Å². The van der Waals surface area contributed by atoms with Crippen LogP contribution in [0, 0.1) is 5.41 Å². The maximum atomic E-state index is 3.49. The van der Waals surface area contributed by atoms with Gasteiger partial charge in [0.05, 0.1) is 0 Å². The van der Waals surface area contributed by atoms with E-state index in [1.807, 2.05) is 0 Å². The Morgan fingerprint density at radius 2 is 1.60 bits per heavy atom. The Morgan fingerprint density at radius 1 is 1.07 bits per heavy atom. The van der Waals surface area contributed by atoms with E-state index in [0.29, 0.717) is 5.41 Å². The van der Waals surface area contributed by atoms with Crippen LogP contribution in [-0.4, -0.2) is 0 Å². The van der Waals surface area contributed by atoms with Gasteiger partial charge in [0.15, 0.2) is 0 Å². The number of halogens is 1. The van der Waals surface area contributed by atoms with E-state index < -0.39 is 0 Å². The maximum Gasteiger partial charge on any atom is 0.0175 e. The lowest BCUT2D eigenvalue weighted by atomic mass is 9.71. The second-order valence-electron chi connectivity index (χ2n) is 5.49. The topological polar surface area (TPSA) is 0 Å². The van der Waals surface area contributed by atoms with Gasteiger partial charge in [0.2, 0.25) is 0 Å². The molecule has 1 saturated carbocycles. The third kappa shape index (κ3) is 2.84. The maximum absolute atomic E-state index is 3.49. The average molecular weight is 267 g/mol. The van der Waals surface area contributed by atoms with Crippen molar-refractivity contribution in [3.63, 3.8) is 0 Å². The summed E-state index contributed by atoms with van der Waals surface area (Å²) in [6.07, 6.45) is 5.45. The van der Waals surface area contributed by atoms with Gasteiger partial charge < -0.3 is 0 Å². The zero-order chi connectivity index (χ0) is 10.9. The van der Waals surface area contributed by atoms with Crippen molar-refractivity contribution in [3.05, 3.63) is 34.3 Å². The van der Waals surface area contributed by atoms with Crippen molar-refractivity contribution in [2.45, 2.75) is 45.4 Å². The van der Waals surface area contributed by atoms with Crippen molar-refractivity contribution in [1.29, 1.82) is 0 Å². The Balaban J connectivity index is 2.04. The molecule has 2 rings (SSSR count). The first-order valence-corrected chi connectivity index (χ1v) is 6.62. The minimum Gasteiger partial charge on any atom is -0.0599 e. The van der Waals surface area contributed by atoms with Crippen LogP contribution in [0.1, 0.15) is 51.0 Å². The van der Waals surface area contributed by atoms with Crippen LogP contribution in [0.15, 0.2) is 28.7 Å². The van der Waals surface area contributed by atoms with Gasteiger partial charge in [0, 0.05) is 4.47 Å². The fourth-order valence-corrected chi connectivity index (χ4v) is 2.73. The fourth-order valence-electron chi connectivity index (χ4n) is 2.47. The number of hydrogen-bond acceptors (Lipinski definition) is 0. The molecule has 0 aromatic heterocycles. The second kappa shape index (κ2) is 4.29. The molecule has 1 aromatic carbocycles. The van der Waals surface area contributed by atoms with Crippen LogP contribution in [0.3, 0.4) is 0 Å². The van der Waals surface area contributed by atoms with E-state index in [2.05, 4.69) is 54.0 Å². The molecule has 0 nitrogen and oxygen atoms in total. The van der Waals surface area contributed by atoms with Crippen molar-refractivity contribution < 1.29 is 0 Å². The Hall–Kier alpha value is -0.300. The first kappa shape index (κ1) is 11.2. The fraction of sp³-hybridized carbons (Fsp3) is 0.571. The van der Waals surface area contributed by atoms with Crippen LogP contribution >= 0.6 is 15.9 Å². The molecule has 1 fully saturated rings. The Bertz CT molecular complexity index is 314. The first-order valence-electron chi connectivity index (χ1n) is 5.82. The molecular formula is C14H19Br. The third-order valence-corrected chi connectivity index (χ3v) is 4.21. The van der Waals surface area contributed by atoms with Gasteiger partial charge in [-0.3, -0.25) is 0 Å². The lowest BCUT2D eigenvalue weighted by Gasteiger charge is -2.34. The van der Waals surface area contributed by atoms with Gasteiger partial charge >= 0.3 is 0 Å². The third-order valence-electron chi connectivity index (χ3n) is 3.68. The molecule has 0 spiro atoms. The lowest BCUT2D eigenvalue weighted by molar-refractivity contribution is 0.224. The Labute approximate surface area is 101 Å². The summed E-state index contributed by atoms with van der Waals surface area (Å²) in [5.74, 6) is 0.797. The highest BCUT2D eigenvalue weighted by atomic mass is 79.9. The number of rotatable bonds is 1. The van der Waals surface area contributed by atoms with Crippen molar-refractivity contribution in [2.24, 2.45) is 5.41 Å². The zero-order valence-electron chi connectivity index (χ0n) is 9.59. The monoisotopic (exact) mass is 266 g/mol. The second-order valence-corrected chi connectivity index (χ2v) is 6.41. The molecule has 0 bridgehead atoms. The van der Waals surface area contributed by atoms with Crippen LogP contribution in [0.4, 0.5) is 0 Å². The van der Waals surface area contributed by atoms with E-state index in [0.717, 1.165) is 5.92 Å². The summed E-state index contributed by atoms with van der Waals surface area (Å²) in [5, 5.41) is 0. The van der Waals surface area contributed by atoms with Gasteiger partial charge in [-0.1, -0.05) is 41.9 Å². The van der Waals surface area contributed by atoms with Crippen LogP contribution < -0.4 is 0 Å². The summed E-state index contributed by atoms with van der Waals surface area (Å²) in [6.45, 7) is 4.79. The molecule has 0 atom stereocenters. The lowest BCUT2D eigenvalue weighted by Crippen LogP contribution is -2.20. The van der Waals surface area contributed by atoms with Gasteiger partial charge in [-0.25, -0.2) is 0 Å². The summed E-state index contributed by atoms with van der Waals surface area (Å²) < 4.78 is 1.18. The van der Waals surface area contributed by atoms with Gasteiger partial charge in [0.1, 0.15) is 0 Å². The highest BCUT2D eigenvalue weighted by molar-refractivity contribution is 9.10. The van der Waals surface area contributed by atoms with Crippen molar-refractivity contribution >= 4 is 15.9 Å². The van der Waals surface area contributed by atoms with E-state index in [4.69, 9.17) is 0 Å². The smallest absolute Gasteiger partial charge is 0.0175 e. The van der Waals surface area contributed by atoms with Gasteiger partial charge in [0.25, 0.3) is 0 Å². The van der Waals surface area contributed by atoms with Crippen molar-refractivity contribution in [3.8, 4) is 0 Å². The summed E-state index contributed by atoms with van der Waals surface area (Å²) in [5.41, 5.74) is 2.10. The molecule has 0 amide bonds. The number of benzene rings is 1. The van der Waals surface area contributed by atoms with E-state index in [9.17, 15) is 0 Å². The molecule has 0 radical (unpaired) electrons. The van der Waals surface area contributed by atoms with Crippen LogP contribution in [0.5, 0.6) is 0 Å². The molecule has 1 aliphatic carbocycles. The largest absolute Gasteiger partial charge is 0.0599 e. The zero-order valence-corrected chi connectivity index (χ0v) is 11.2. The van der Waals surface area contributed by atoms with Gasteiger partial charge in [-0.15, -0.1) is 0 Å². The first-order chi connectivity index (χ1) is 7.07. The molecule has 0 unspecified atom stereocenters. The van der Waals surface area contributed by atoms with Crippen molar-refractivity contribution in [1.82, 2.24) is 0 Å². The standard InChI is InChI=1S/C14H19Br/c1-14(2)9-7-12(8-10-14)11-3-5-13(15)6-4-11/h3-6,12H,7-10H2,1-2H3. The summed E-state index contributed by atoms with van der Waals surface area (Å²) in [7, 11) is 0. The summed E-state index contributed by atoms with van der Waals surface area (Å²) in [4.78, 5) is 0. The highest BCUT2D eigenvalue weighted by Crippen LogP contribution is 2.42. The SMILES string of the molecule is CC1(C)CCC(c2ccc(Br)cc2)CC1. The predicted octanol–water partition coefficient (Wildman–Crippen LogP) is 5.13. The van der Waals surface area contributed by atoms with Crippen LogP contribution in [0.25, 0.3) is 0 Å². The Kier molecular flexibility index (Phi) is 3.20. The summed E-state index contributed by atoms with van der Waals surface area (Å²) in [6, 6.07) is 8.87. The molecule has 15 heavy (non-hydrogen) atoms. The summed E-state index contributed by atoms with van der Waals surface area (Å²) >= 11 is 3.49. The minimum atomic E-state index is 0.575. The average Bonchev–Trinajstić information content (AvgIpc) is 2.20. The van der Waals surface area contributed by atoms with E-state index >= 15 is 0 Å². The quantitative estimate of drug-likeness (QED) is 0.661. The molecule has 1 heteroatoms. The highest BCUT2D eigenvalue weighted by Gasteiger charge is 2.27. The predicted molar refractivity (Wildman–Crippen MR) is 69.1 cm³/mol. The van der Waals surface area contributed by atoms with E-state index in [1.54, 1.807) is 0 Å². The van der Waals surface area contributed by atoms with Crippen LogP contribution in [-0.2, 0) is 0 Å². The molecule has 82 valence electrons. The molecule has 0 saturated heterocycles. The van der Waals surface area contributed by atoms with Gasteiger partial charge in [-0.2, -0.15) is 0 Å². The molecule has 1 aromatic rings. The van der Waals surface area contributed by atoms with Crippen molar-refractivity contribution in [2.75, 3.05) is 0 Å². The molecule has 1 aliphatic rings. The Morgan fingerprint density at radius 3 is 2.13 bits per heavy atom. The number of hydrogen-bond donors (Lipinski definition) is 0.